The zero-order chi connectivity index (χ0) is 23.7. The molecule has 1 unspecified atom stereocenters. The fraction of sp³-hybridized carbons (Fsp3) is 0.524. The number of esters is 1. The second kappa shape index (κ2) is 11.4. The van der Waals surface area contributed by atoms with Gasteiger partial charge in [-0.1, -0.05) is 30.3 Å². The second-order valence-corrected chi connectivity index (χ2v) is 7.37. The van der Waals surface area contributed by atoms with Crippen LogP contribution in [0.15, 0.2) is 30.3 Å². The summed E-state index contributed by atoms with van der Waals surface area (Å²) in [6.45, 7) is 4.31. The first kappa shape index (κ1) is 26.1. The largest absolute Gasteiger partial charge is 0.481 e. The van der Waals surface area contributed by atoms with Crippen molar-refractivity contribution in [3.63, 3.8) is 0 Å². The van der Waals surface area contributed by atoms with E-state index < -0.39 is 35.3 Å². The first-order valence-electron chi connectivity index (χ1n) is 9.82. The molecule has 1 aliphatic rings. The van der Waals surface area contributed by atoms with Crippen molar-refractivity contribution in [2.24, 2.45) is 0 Å². The van der Waals surface area contributed by atoms with Gasteiger partial charge < -0.3 is 30.1 Å². The molecule has 172 valence electrons. The molecule has 0 saturated carbocycles. The molecule has 0 aromatic heterocycles. The van der Waals surface area contributed by atoms with Crippen LogP contribution in [0.3, 0.4) is 0 Å². The van der Waals surface area contributed by atoms with Crippen LogP contribution in [0.5, 0.6) is 0 Å². The minimum absolute atomic E-state index is 0.0588. The Morgan fingerprint density at radius 3 is 2.06 bits per heavy atom. The third kappa shape index (κ3) is 6.76. The van der Waals surface area contributed by atoms with Crippen LogP contribution >= 0.6 is 0 Å². The average Bonchev–Trinajstić information content (AvgIpc) is 2.91. The third-order valence-corrected chi connectivity index (χ3v) is 5.17. The predicted molar refractivity (Wildman–Crippen MR) is 109 cm³/mol. The molecule has 10 heteroatoms. The SMILES string of the molecule is CCOC(=O)C1(c2ccccc2)CCCN(C)CC1.O=C(O)CC(O)(C(=O)O)C(=O)O. The van der Waals surface area contributed by atoms with Gasteiger partial charge in [0.1, 0.15) is 0 Å². The standard InChI is InChI=1S/C16H23NO2.C5H6O7/c1-3-19-15(18)16(14-8-5-4-6-9-14)10-7-12-17(2)13-11-16;6-2(7)1-5(12,3(8)9)4(10)11/h4-6,8-9H,3,7,10-13H2,1-2H3;12H,1H2,(H,6,7)(H,8,9)(H,10,11). The number of benzene rings is 1. The number of likely N-dealkylation sites (tertiary alicyclic amines) is 1. The molecular weight excluding hydrogens is 410 g/mol. The van der Waals surface area contributed by atoms with Crippen molar-refractivity contribution in [3.8, 4) is 0 Å². The number of carboxylic acids is 3. The van der Waals surface area contributed by atoms with Crippen LogP contribution in [-0.2, 0) is 29.3 Å². The van der Waals surface area contributed by atoms with Gasteiger partial charge in [0, 0.05) is 0 Å². The van der Waals surface area contributed by atoms with Gasteiger partial charge in [0.05, 0.1) is 18.4 Å². The number of hydrogen-bond donors (Lipinski definition) is 4. The smallest absolute Gasteiger partial charge is 0.348 e. The lowest BCUT2D eigenvalue weighted by atomic mass is 9.74. The fourth-order valence-corrected chi connectivity index (χ4v) is 3.37. The van der Waals surface area contributed by atoms with E-state index in [-0.39, 0.29) is 5.97 Å². The highest BCUT2D eigenvalue weighted by molar-refractivity contribution is 6.04. The van der Waals surface area contributed by atoms with Gasteiger partial charge in [0.2, 0.25) is 0 Å². The number of hydrogen-bond acceptors (Lipinski definition) is 7. The van der Waals surface area contributed by atoms with E-state index in [0.29, 0.717) is 6.61 Å². The lowest BCUT2D eigenvalue weighted by Crippen LogP contribution is -2.48. The molecule has 1 aromatic rings. The van der Waals surface area contributed by atoms with E-state index in [4.69, 9.17) is 25.2 Å². The molecule has 0 aliphatic carbocycles. The number of rotatable bonds is 7. The van der Waals surface area contributed by atoms with Crippen LogP contribution in [0, 0.1) is 0 Å². The van der Waals surface area contributed by atoms with Crippen LogP contribution in [0.25, 0.3) is 0 Å². The van der Waals surface area contributed by atoms with Crippen LogP contribution < -0.4 is 0 Å². The summed E-state index contributed by atoms with van der Waals surface area (Å²) in [6, 6.07) is 10.1. The Labute approximate surface area is 180 Å². The lowest BCUT2D eigenvalue weighted by Gasteiger charge is -2.30. The molecule has 1 aromatic carbocycles. The van der Waals surface area contributed by atoms with Crippen molar-refractivity contribution in [2.45, 2.75) is 43.6 Å². The molecule has 1 saturated heterocycles. The molecular formula is C21H29NO9. The first-order valence-corrected chi connectivity index (χ1v) is 9.82. The fourth-order valence-electron chi connectivity index (χ4n) is 3.37. The normalized spacial score (nSPS) is 19.3. The quantitative estimate of drug-likeness (QED) is 0.356. The van der Waals surface area contributed by atoms with Gasteiger partial charge in [-0.15, -0.1) is 0 Å². The zero-order valence-corrected chi connectivity index (χ0v) is 17.6. The average molecular weight is 439 g/mol. The van der Waals surface area contributed by atoms with Gasteiger partial charge in [-0.05, 0) is 51.9 Å². The summed E-state index contributed by atoms with van der Waals surface area (Å²) < 4.78 is 5.37. The molecule has 31 heavy (non-hydrogen) atoms. The molecule has 0 spiro atoms. The van der Waals surface area contributed by atoms with Crippen LogP contribution in [-0.4, -0.2) is 81.5 Å². The second-order valence-electron chi connectivity index (χ2n) is 7.37. The molecule has 10 nitrogen and oxygen atoms in total. The Kier molecular flexibility index (Phi) is 9.60. The minimum Gasteiger partial charge on any atom is -0.481 e. The van der Waals surface area contributed by atoms with Crippen molar-refractivity contribution in [2.75, 3.05) is 26.7 Å². The summed E-state index contributed by atoms with van der Waals surface area (Å²) in [5.41, 5.74) is -2.60. The minimum atomic E-state index is -3.24. The summed E-state index contributed by atoms with van der Waals surface area (Å²) in [4.78, 5) is 45.0. The summed E-state index contributed by atoms with van der Waals surface area (Å²) in [6.07, 6.45) is 1.37. The maximum absolute atomic E-state index is 12.5. The third-order valence-electron chi connectivity index (χ3n) is 5.17. The predicted octanol–water partition coefficient (Wildman–Crippen LogP) is 0.965. The number of ether oxygens (including phenoxy) is 1. The Hall–Kier alpha value is -2.98. The number of nitrogens with zero attached hydrogens (tertiary/aromatic N) is 1. The van der Waals surface area contributed by atoms with E-state index in [1.165, 1.54) is 0 Å². The monoisotopic (exact) mass is 439 g/mol. The summed E-state index contributed by atoms with van der Waals surface area (Å²) in [7, 11) is 2.12. The lowest BCUT2D eigenvalue weighted by molar-refractivity contribution is -0.180. The van der Waals surface area contributed by atoms with Crippen molar-refractivity contribution < 1.29 is 44.3 Å². The van der Waals surface area contributed by atoms with E-state index in [1.54, 1.807) is 0 Å². The van der Waals surface area contributed by atoms with Gasteiger partial charge >= 0.3 is 23.9 Å². The van der Waals surface area contributed by atoms with Crippen molar-refractivity contribution in [1.29, 1.82) is 0 Å². The number of aliphatic hydroxyl groups is 1. The van der Waals surface area contributed by atoms with Crippen molar-refractivity contribution in [3.05, 3.63) is 35.9 Å². The van der Waals surface area contributed by atoms with Gasteiger partial charge in [-0.25, -0.2) is 9.59 Å². The Morgan fingerprint density at radius 2 is 1.61 bits per heavy atom. The highest BCUT2D eigenvalue weighted by Crippen LogP contribution is 2.36. The van der Waals surface area contributed by atoms with E-state index in [0.717, 1.165) is 37.9 Å². The highest BCUT2D eigenvalue weighted by atomic mass is 16.5. The van der Waals surface area contributed by atoms with E-state index in [9.17, 15) is 19.2 Å². The van der Waals surface area contributed by atoms with Gasteiger partial charge in [-0.2, -0.15) is 0 Å². The summed E-state index contributed by atoms with van der Waals surface area (Å²) in [5, 5.41) is 33.1. The van der Waals surface area contributed by atoms with Gasteiger partial charge in [0.15, 0.2) is 0 Å². The Morgan fingerprint density at radius 1 is 1.03 bits per heavy atom. The van der Waals surface area contributed by atoms with E-state index in [2.05, 4.69) is 24.1 Å². The van der Waals surface area contributed by atoms with Crippen LogP contribution in [0.4, 0.5) is 0 Å². The molecule has 2 rings (SSSR count). The number of carboxylic acid groups (broad SMARTS) is 3. The molecule has 1 fully saturated rings. The maximum Gasteiger partial charge on any atom is 0.348 e. The molecule has 0 amide bonds. The summed E-state index contributed by atoms with van der Waals surface area (Å²) in [5.74, 6) is -5.96. The Balaban J connectivity index is 0.000000348. The molecule has 1 atom stereocenters. The first-order chi connectivity index (χ1) is 14.5. The van der Waals surface area contributed by atoms with Gasteiger partial charge in [-0.3, -0.25) is 9.59 Å². The zero-order valence-electron chi connectivity index (χ0n) is 17.6. The van der Waals surface area contributed by atoms with E-state index >= 15 is 0 Å². The Bertz CT molecular complexity index is 766. The molecule has 0 bridgehead atoms. The van der Waals surface area contributed by atoms with Crippen LogP contribution in [0.1, 0.15) is 38.2 Å². The molecule has 0 radical (unpaired) electrons. The highest BCUT2D eigenvalue weighted by Gasteiger charge is 2.46. The van der Waals surface area contributed by atoms with Crippen molar-refractivity contribution in [1.82, 2.24) is 4.90 Å². The van der Waals surface area contributed by atoms with Crippen LogP contribution in [0.2, 0.25) is 0 Å². The van der Waals surface area contributed by atoms with E-state index in [1.807, 2.05) is 25.1 Å². The molecule has 1 heterocycles. The molecule has 4 N–H and O–H groups in total. The van der Waals surface area contributed by atoms with Crippen molar-refractivity contribution >= 4 is 23.9 Å². The molecule has 1 aliphatic heterocycles. The maximum atomic E-state index is 12.5. The topological polar surface area (TPSA) is 162 Å². The number of carbonyl (C=O) groups excluding carboxylic acids is 1. The number of carbonyl (C=O) groups is 4. The number of aliphatic carboxylic acids is 3. The summed E-state index contributed by atoms with van der Waals surface area (Å²) >= 11 is 0. The van der Waals surface area contributed by atoms with Gasteiger partial charge in [0.25, 0.3) is 5.60 Å².